The highest BCUT2D eigenvalue weighted by Gasteiger charge is 2.30. The van der Waals surface area contributed by atoms with Gasteiger partial charge in [-0.1, -0.05) is 42.5 Å². The van der Waals surface area contributed by atoms with Gasteiger partial charge in [-0.2, -0.15) is 13.2 Å². The van der Waals surface area contributed by atoms with Crippen molar-refractivity contribution in [1.82, 2.24) is 14.6 Å². The van der Waals surface area contributed by atoms with E-state index < -0.39 is 11.7 Å². The number of aromatic nitrogens is 3. The Hall–Kier alpha value is -4.46. The van der Waals surface area contributed by atoms with Crippen molar-refractivity contribution in [2.24, 2.45) is 0 Å². The molecule has 174 valence electrons. The summed E-state index contributed by atoms with van der Waals surface area (Å²) in [5, 5.41) is 7.36. The van der Waals surface area contributed by atoms with Crippen LogP contribution in [0.2, 0.25) is 0 Å². The molecule has 0 saturated heterocycles. The van der Waals surface area contributed by atoms with Crippen molar-refractivity contribution in [2.75, 3.05) is 5.32 Å². The number of carbonyl (C=O) groups is 1. The first-order valence-electron chi connectivity index (χ1n) is 10.8. The molecule has 0 fully saturated rings. The van der Waals surface area contributed by atoms with Gasteiger partial charge in [-0.25, -0.2) is 9.50 Å². The summed E-state index contributed by atoms with van der Waals surface area (Å²) in [6.45, 7) is 1.79. The van der Waals surface area contributed by atoms with E-state index in [0.717, 1.165) is 28.9 Å². The number of nitrogens with zero attached hydrogens (tertiary/aromatic N) is 3. The smallest absolute Gasteiger partial charge is 0.322 e. The third-order valence-electron chi connectivity index (χ3n) is 5.64. The van der Waals surface area contributed by atoms with Crippen LogP contribution in [-0.4, -0.2) is 20.5 Å². The summed E-state index contributed by atoms with van der Waals surface area (Å²) in [7, 11) is 0. The summed E-state index contributed by atoms with van der Waals surface area (Å²) in [5.74, 6) is 0.256. The van der Waals surface area contributed by atoms with Gasteiger partial charge in [0.05, 0.1) is 5.56 Å². The number of rotatable bonds is 4. The molecule has 0 aliphatic heterocycles. The second kappa shape index (κ2) is 8.72. The van der Waals surface area contributed by atoms with Crippen LogP contribution >= 0.6 is 0 Å². The van der Waals surface area contributed by atoms with Crippen molar-refractivity contribution in [3.05, 3.63) is 108 Å². The number of benzene rings is 3. The largest absolute Gasteiger partial charge is 0.416 e. The van der Waals surface area contributed by atoms with Gasteiger partial charge < -0.3 is 5.32 Å². The highest BCUT2D eigenvalue weighted by molar-refractivity contribution is 6.05. The van der Waals surface area contributed by atoms with Gasteiger partial charge >= 0.3 is 6.18 Å². The first kappa shape index (κ1) is 22.3. The molecule has 0 bridgehead atoms. The number of hydrogen-bond donors (Lipinski definition) is 1. The summed E-state index contributed by atoms with van der Waals surface area (Å²) in [5.41, 5.74) is 3.93. The van der Waals surface area contributed by atoms with Gasteiger partial charge in [0.2, 0.25) is 0 Å². The molecule has 3 aromatic carbocycles. The molecular weight excluding hydrogens is 453 g/mol. The van der Waals surface area contributed by atoms with Gasteiger partial charge in [0.1, 0.15) is 0 Å². The minimum absolute atomic E-state index is 0.290. The number of carbonyl (C=O) groups excluding carboxylic acids is 1. The van der Waals surface area contributed by atoms with Crippen molar-refractivity contribution >= 4 is 17.2 Å². The van der Waals surface area contributed by atoms with E-state index in [1.54, 1.807) is 41.8 Å². The van der Waals surface area contributed by atoms with Crippen molar-refractivity contribution in [2.45, 2.75) is 13.1 Å². The Kier molecular flexibility index (Phi) is 5.56. The molecule has 2 heterocycles. The molecule has 0 aliphatic carbocycles. The predicted molar refractivity (Wildman–Crippen MR) is 128 cm³/mol. The topological polar surface area (TPSA) is 59.3 Å². The molecule has 0 spiro atoms. The summed E-state index contributed by atoms with van der Waals surface area (Å²) in [6, 6.07) is 23.0. The highest BCUT2D eigenvalue weighted by Crippen LogP contribution is 2.31. The monoisotopic (exact) mass is 472 g/mol. The van der Waals surface area contributed by atoms with Gasteiger partial charge in [-0.05, 0) is 66.1 Å². The van der Waals surface area contributed by atoms with Crippen LogP contribution in [0.5, 0.6) is 0 Å². The lowest BCUT2D eigenvalue weighted by Gasteiger charge is -2.11. The standard InChI is InChI=1S/C27H19F3N4O/c1-17-15-19(18-8-11-21(12-9-18)27(28,29)30)10-13-23(17)26(35)31-22-6-4-5-20(16-22)25-32-24-7-2-3-14-34(24)33-25/h2-16H,1H3,(H,31,35). The minimum Gasteiger partial charge on any atom is -0.322 e. The Morgan fingerprint density at radius 2 is 1.63 bits per heavy atom. The average Bonchev–Trinajstić information content (AvgIpc) is 3.28. The Labute approximate surface area is 198 Å². The molecule has 5 rings (SSSR count). The van der Waals surface area contributed by atoms with Gasteiger partial charge in [-0.15, -0.1) is 5.10 Å². The van der Waals surface area contributed by atoms with Crippen molar-refractivity contribution in [3.63, 3.8) is 0 Å². The van der Waals surface area contributed by atoms with Crippen LogP contribution in [0.15, 0.2) is 91.1 Å². The predicted octanol–water partition coefficient (Wildman–Crippen LogP) is 6.64. The molecular formula is C27H19F3N4O. The zero-order valence-electron chi connectivity index (χ0n) is 18.5. The summed E-state index contributed by atoms with van der Waals surface area (Å²) < 4.78 is 40.2. The molecule has 0 atom stereocenters. The Morgan fingerprint density at radius 1 is 0.857 bits per heavy atom. The van der Waals surface area contributed by atoms with Crippen LogP contribution in [0.25, 0.3) is 28.2 Å². The summed E-state index contributed by atoms with van der Waals surface area (Å²) in [4.78, 5) is 17.5. The number of pyridine rings is 1. The lowest BCUT2D eigenvalue weighted by molar-refractivity contribution is -0.137. The van der Waals surface area contributed by atoms with E-state index in [4.69, 9.17) is 0 Å². The zero-order chi connectivity index (χ0) is 24.6. The lowest BCUT2D eigenvalue weighted by atomic mass is 9.98. The molecule has 1 amide bonds. The van der Waals surface area contributed by atoms with Gasteiger partial charge in [0.15, 0.2) is 11.5 Å². The van der Waals surface area contributed by atoms with Gasteiger partial charge in [0.25, 0.3) is 5.91 Å². The third-order valence-corrected chi connectivity index (χ3v) is 5.64. The molecule has 0 saturated carbocycles. The van der Waals surface area contributed by atoms with Crippen LogP contribution in [0.3, 0.4) is 0 Å². The van der Waals surface area contributed by atoms with E-state index in [9.17, 15) is 18.0 Å². The highest BCUT2D eigenvalue weighted by atomic mass is 19.4. The fraction of sp³-hybridized carbons (Fsp3) is 0.0741. The molecule has 0 aliphatic rings. The second-order valence-electron chi connectivity index (χ2n) is 8.08. The van der Waals surface area contributed by atoms with E-state index in [1.807, 2.05) is 36.5 Å². The molecule has 5 nitrogen and oxygen atoms in total. The lowest BCUT2D eigenvalue weighted by Crippen LogP contribution is -2.13. The second-order valence-corrected chi connectivity index (χ2v) is 8.08. The average molecular weight is 472 g/mol. The van der Waals surface area contributed by atoms with Crippen molar-refractivity contribution in [1.29, 1.82) is 0 Å². The molecule has 35 heavy (non-hydrogen) atoms. The van der Waals surface area contributed by atoms with Crippen molar-refractivity contribution in [3.8, 4) is 22.5 Å². The molecule has 2 aromatic heterocycles. The number of aryl methyl sites for hydroxylation is 1. The molecule has 0 radical (unpaired) electrons. The normalized spacial score (nSPS) is 11.5. The SMILES string of the molecule is Cc1cc(-c2ccc(C(F)(F)F)cc2)ccc1C(=O)Nc1cccc(-c2nc3ccccn3n2)c1. The quantitative estimate of drug-likeness (QED) is 0.319. The van der Waals surface area contributed by atoms with E-state index in [2.05, 4.69) is 15.4 Å². The zero-order valence-corrected chi connectivity index (χ0v) is 18.5. The van der Waals surface area contributed by atoms with Crippen LogP contribution in [0, 0.1) is 6.92 Å². The van der Waals surface area contributed by atoms with Crippen LogP contribution in [0.1, 0.15) is 21.5 Å². The number of hydrogen-bond acceptors (Lipinski definition) is 3. The first-order valence-corrected chi connectivity index (χ1v) is 10.8. The van der Waals surface area contributed by atoms with E-state index in [-0.39, 0.29) is 5.91 Å². The van der Waals surface area contributed by atoms with Crippen molar-refractivity contribution < 1.29 is 18.0 Å². The number of nitrogens with one attached hydrogen (secondary N) is 1. The van der Waals surface area contributed by atoms with Gasteiger partial charge in [0, 0.05) is 23.0 Å². The molecule has 0 unspecified atom stereocenters. The Bertz CT molecular complexity index is 1510. The Morgan fingerprint density at radius 3 is 2.34 bits per heavy atom. The molecule has 5 aromatic rings. The number of halogens is 3. The van der Waals surface area contributed by atoms with E-state index in [1.165, 1.54) is 12.1 Å². The number of amides is 1. The molecule has 1 N–H and O–H groups in total. The summed E-state index contributed by atoms with van der Waals surface area (Å²) in [6.07, 6.45) is -2.57. The Balaban J connectivity index is 1.35. The number of fused-ring (bicyclic) bond motifs is 1. The van der Waals surface area contributed by atoms with E-state index in [0.29, 0.717) is 28.2 Å². The molecule has 8 heteroatoms. The number of alkyl halides is 3. The minimum atomic E-state index is -4.38. The van der Waals surface area contributed by atoms with Crippen LogP contribution < -0.4 is 5.32 Å². The maximum absolute atomic E-state index is 13.0. The van der Waals surface area contributed by atoms with Crippen LogP contribution in [0.4, 0.5) is 18.9 Å². The maximum Gasteiger partial charge on any atom is 0.416 e. The van der Waals surface area contributed by atoms with Gasteiger partial charge in [-0.3, -0.25) is 4.79 Å². The fourth-order valence-corrected chi connectivity index (χ4v) is 3.84. The van der Waals surface area contributed by atoms with E-state index >= 15 is 0 Å². The maximum atomic E-state index is 13.0. The third kappa shape index (κ3) is 4.63. The van der Waals surface area contributed by atoms with Crippen LogP contribution in [-0.2, 0) is 6.18 Å². The first-order chi connectivity index (χ1) is 16.8. The summed E-state index contributed by atoms with van der Waals surface area (Å²) >= 11 is 0. The number of anilines is 1. The fourth-order valence-electron chi connectivity index (χ4n) is 3.84.